The highest BCUT2D eigenvalue weighted by Crippen LogP contribution is 2.42. The average Bonchev–Trinajstić information content (AvgIpc) is 3.17. The first kappa shape index (κ1) is 15.8. The molecule has 122 valence electrons. The second kappa shape index (κ2) is 5.84. The lowest BCUT2D eigenvalue weighted by Crippen LogP contribution is -2.38. The molecular formula is C19H24N2O2. The number of anilines is 1. The van der Waals surface area contributed by atoms with E-state index < -0.39 is 5.41 Å². The average molecular weight is 312 g/mol. The maximum absolute atomic E-state index is 13.0. The number of nitrogens with one attached hydrogen (secondary N) is 1. The van der Waals surface area contributed by atoms with Gasteiger partial charge in [-0.05, 0) is 18.4 Å². The number of carbonyl (C=O) groups excluding carboxylic acids is 1. The first-order valence-corrected chi connectivity index (χ1v) is 8.26. The minimum absolute atomic E-state index is 0.0231. The molecule has 23 heavy (non-hydrogen) atoms. The molecule has 0 atom stereocenters. The Hall–Kier alpha value is -2.10. The van der Waals surface area contributed by atoms with Gasteiger partial charge in [0.1, 0.15) is 5.76 Å². The van der Waals surface area contributed by atoms with Crippen LogP contribution in [0.15, 0.2) is 40.9 Å². The zero-order chi connectivity index (χ0) is 16.5. The molecule has 1 saturated carbocycles. The summed E-state index contributed by atoms with van der Waals surface area (Å²) in [4.78, 5) is 13.0. The van der Waals surface area contributed by atoms with Gasteiger partial charge < -0.3 is 9.84 Å². The second-order valence-corrected chi connectivity index (χ2v) is 7.44. The number of rotatable bonds is 3. The summed E-state index contributed by atoms with van der Waals surface area (Å²) in [5.41, 5.74) is 0.525. The molecule has 0 unspecified atom stereocenters. The highest BCUT2D eigenvalue weighted by molar-refractivity contribution is 5.98. The smallest absolute Gasteiger partial charge is 0.236 e. The number of aromatic nitrogens is 1. The van der Waals surface area contributed by atoms with E-state index in [0.717, 1.165) is 37.0 Å². The molecule has 1 aliphatic carbocycles. The SMILES string of the molecule is CC(C)(C)c1cc(NC(=O)C2(c3ccccc3)CCCC2)no1. The highest BCUT2D eigenvalue weighted by Gasteiger charge is 2.42. The third-order valence-electron chi connectivity index (χ3n) is 4.71. The summed E-state index contributed by atoms with van der Waals surface area (Å²) < 4.78 is 5.37. The summed E-state index contributed by atoms with van der Waals surface area (Å²) in [6.07, 6.45) is 3.92. The van der Waals surface area contributed by atoms with Crippen molar-refractivity contribution >= 4 is 11.7 Å². The Morgan fingerprint density at radius 2 is 1.83 bits per heavy atom. The Labute approximate surface area is 137 Å². The molecule has 1 N–H and O–H groups in total. The van der Waals surface area contributed by atoms with Crippen molar-refractivity contribution in [3.8, 4) is 0 Å². The molecule has 1 heterocycles. The second-order valence-electron chi connectivity index (χ2n) is 7.44. The van der Waals surface area contributed by atoms with E-state index in [9.17, 15) is 4.79 Å². The van der Waals surface area contributed by atoms with Gasteiger partial charge in [-0.25, -0.2) is 0 Å². The quantitative estimate of drug-likeness (QED) is 0.912. The van der Waals surface area contributed by atoms with Crippen LogP contribution in [0.25, 0.3) is 0 Å². The van der Waals surface area contributed by atoms with Crippen LogP contribution in [0.3, 0.4) is 0 Å². The van der Waals surface area contributed by atoms with E-state index in [0.29, 0.717) is 5.82 Å². The fraction of sp³-hybridized carbons (Fsp3) is 0.474. The van der Waals surface area contributed by atoms with Crippen LogP contribution in [0.1, 0.15) is 57.8 Å². The monoisotopic (exact) mass is 312 g/mol. The minimum Gasteiger partial charge on any atom is -0.359 e. The van der Waals surface area contributed by atoms with Crippen LogP contribution in [-0.4, -0.2) is 11.1 Å². The number of hydrogen-bond donors (Lipinski definition) is 1. The van der Waals surface area contributed by atoms with E-state index in [1.807, 2.05) is 36.4 Å². The van der Waals surface area contributed by atoms with E-state index in [1.165, 1.54) is 0 Å². The van der Waals surface area contributed by atoms with Crippen molar-refractivity contribution in [1.82, 2.24) is 5.16 Å². The fourth-order valence-electron chi connectivity index (χ4n) is 3.31. The number of amides is 1. The maximum atomic E-state index is 13.0. The van der Waals surface area contributed by atoms with E-state index in [1.54, 1.807) is 0 Å². The van der Waals surface area contributed by atoms with Crippen molar-refractivity contribution in [3.05, 3.63) is 47.7 Å². The van der Waals surface area contributed by atoms with Gasteiger partial charge in [-0.2, -0.15) is 0 Å². The van der Waals surface area contributed by atoms with Gasteiger partial charge in [0.25, 0.3) is 0 Å². The Bertz CT molecular complexity index is 677. The van der Waals surface area contributed by atoms with E-state index in [2.05, 4.69) is 31.2 Å². The Morgan fingerprint density at radius 1 is 1.17 bits per heavy atom. The number of hydrogen-bond acceptors (Lipinski definition) is 3. The predicted octanol–water partition coefficient (Wildman–Crippen LogP) is 4.42. The number of carbonyl (C=O) groups is 1. The fourth-order valence-corrected chi connectivity index (χ4v) is 3.31. The van der Waals surface area contributed by atoms with Crippen LogP contribution in [0.2, 0.25) is 0 Å². The van der Waals surface area contributed by atoms with E-state index in [-0.39, 0.29) is 11.3 Å². The Kier molecular flexibility index (Phi) is 4.00. The van der Waals surface area contributed by atoms with Gasteiger partial charge in [0.05, 0.1) is 5.41 Å². The molecule has 4 nitrogen and oxygen atoms in total. The van der Waals surface area contributed by atoms with Gasteiger partial charge in [-0.15, -0.1) is 0 Å². The third-order valence-corrected chi connectivity index (χ3v) is 4.71. The normalized spacial score (nSPS) is 17.2. The molecule has 0 aliphatic heterocycles. The molecule has 1 aliphatic rings. The maximum Gasteiger partial charge on any atom is 0.236 e. The van der Waals surface area contributed by atoms with Gasteiger partial charge in [0, 0.05) is 11.5 Å². The highest BCUT2D eigenvalue weighted by atomic mass is 16.5. The molecule has 3 rings (SSSR count). The molecule has 4 heteroatoms. The molecule has 0 radical (unpaired) electrons. The summed E-state index contributed by atoms with van der Waals surface area (Å²) >= 11 is 0. The molecule has 0 saturated heterocycles. The molecule has 1 fully saturated rings. The molecule has 1 amide bonds. The zero-order valence-corrected chi connectivity index (χ0v) is 14.1. The summed E-state index contributed by atoms with van der Waals surface area (Å²) in [7, 11) is 0. The summed E-state index contributed by atoms with van der Waals surface area (Å²) in [5, 5.41) is 6.98. The Balaban J connectivity index is 1.84. The molecular weight excluding hydrogens is 288 g/mol. The van der Waals surface area contributed by atoms with Crippen LogP contribution >= 0.6 is 0 Å². The van der Waals surface area contributed by atoms with Crippen molar-refractivity contribution in [2.45, 2.75) is 57.3 Å². The number of benzene rings is 1. The van der Waals surface area contributed by atoms with Crippen LogP contribution in [0, 0.1) is 0 Å². The summed E-state index contributed by atoms with van der Waals surface area (Å²) in [6, 6.07) is 11.9. The van der Waals surface area contributed by atoms with Crippen molar-refractivity contribution < 1.29 is 9.32 Å². The largest absolute Gasteiger partial charge is 0.359 e. The summed E-state index contributed by atoms with van der Waals surface area (Å²) in [5.74, 6) is 1.30. The van der Waals surface area contributed by atoms with Gasteiger partial charge in [0.15, 0.2) is 5.82 Å². The van der Waals surface area contributed by atoms with Crippen molar-refractivity contribution in [3.63, 3.8) is 0 Å². The first-order valence-electron chi connectivity index (χ1n) is 8.26. The molecule has 2 aromatic rings. The minimum atomic E-state index is -0.442. The zero-order valence-electron chi connectivity index (χ0n) is 14.1. The van der Waals surface area contributed by atoms with Crippen molar-refractivity contribution in [1.29, 1.82) is 0 Å². The topological polar surface area (TPSA) is 55.1 Å². The molecule has 1 aromatic heterocycles. The van der Waals surface area contributed by atoms with Gasteiger partial charge >= 0.3 is 0 Å². The molecule has 0 bridgehead atoms. The third kappa shape index (κ3) is 3.03. The lowest BCUT2D eigenvalue weighted by Gasteiger charge is -2.27. The van der Waals surface area contributed by atoms with Crippen LogP contribution in [-0.2, 0) is 15.6 Å². The molecule has 0 spiro atoms. The first-order chi connectivity index (χ1) is 10.9. The van der Waals surface area contributed by atoms with Crippen molar-refractivity contribution in [2.75, 3.05) is 5.32 Å². The number of nitrogens with zero attached hydrogens (tertiary/aromatic N) is 1. The van der Waals surface area contributed by atoms with Gasteiger partial charge in [-0.1, -0.05) is 69.1 Å². The standard InChI is InChI=1S/C19H24N2O2/c1-18(2,3)15-13-16(21-23-15)20-17(22)19(11-7-8-12-19)14-9-5-4-6-10-14/h4-6,9-10,13H,7-8,11-12H2,1-3H3,(H,20,21,22). The lowest BCUT2D eigenvalue weighted by atomic mass is 9.78. The predicted molar refractivity (Wildman–Crippen MR) is 90.4 cm³/mol. The lowest BCUT2D eigenvalue weighted by molar-refractivity contribution is -0.121. The van der Waals surface area contributed by atoms with E-state index in [4.69, 9.17) is 4.52 Å². The van der Waals surface area contributed by atoms with Crippen LogP contribution in [0.4, 0.5) is 5.82 Å². The van der Waals surface area contributed by atoms with Crippen LogP contribution < -0.4 is 5.32 Å². The Morgan fingerprint density at radius 3 is 2.39 bits per heavy atom. The van der Waals surface area contributed by atoms with Gasteiger partial charge in [0.2, 0.25) is 5.91 Å². The van der Waals surface area contributed by atoms with Crippen molar-refractivity contribution in [2.24, 2.45) is 0 Å². The van der Waals surface area contributed by atoms with Crippen LogP contribution in [0.5, 0.6) is 0 Å². The van der Waals surface area contributed by atoms with E-state index >= 15 is 0 Å². The van der Waals surface area contributed by atoms with Gasteiger partial charge in [-0.3, -0.25) is 4.79 Å². The molecule has 1 aromatic carbocycles. The summed E-state index contributed by atoms with van der Waals surface area (Å²) in [6.45, 7) is 6.17.